The van der Waals surface area contributed by atoms with Crippen LogP contribution in [-0.2, 0) is 9.53 Å². The van der Waals surface area contributed by atoms with E-state index in [1.165, 1.54) is 0 Å². The standard InChI is InChI=1S/C11H21NO3/c1-12(2)7-11(14)9-6-8(15-3)4-5-10(9)13/h8-10,13H,4-7H2,1-3H3/t8-,9-,10+/m1/s1. The van der Waals surface area contributed by atoms with Crippen LogP contribution in [0.4, 0.5) is 0 Å². The maximum Gasteiger partial charge on any atom is 0.152 e. The summed E-state index contributed by atoms with van der Waals surface area (Å²) >= 11 is 0. The highest BCUT2D eigenvalue weighted by Gasteiger charge is 2.33. The van der Waals surface area contributed by atoms with Gasteiger partial charge in [0.2, 0.25) is 0 Å². The summed E-state index contributed by atoms with van der Waals surface area (Å²) in [6.45, 7) is 0.401. The first-order chi connectivity index (χ1) is 7.04. The molecule has 4 nitrogen and oxygen atoms in total. The molecule has 0 aromatic rings. The number of aliphatic hydroxyl groups excluding tert-OH is 1. The van der Waals surface area contributed by atoms with Crippen molar-refractivity contribution in [2.24, 2.45) is 5.92 Å². The number of Topliss-reactive ketones (excluding diaryl/α,β-unsaturated/α-hetero) is 1. The van der Waals surface area contributed by atoms with Crippen LogP contribution in [0, 0.1) is 5.92 Å². The molecule has 0 heterocycles. The molecule has 0 amide bonds. The van der Waals surface area contributed by atoms with Gasteiger partial charge >= 0.3 is 0 Å². The van der Waals surface area contributed by atoms with Gasteiger partial charge < -0.3 is 14.7 Å². The predicted octanol–water partition coefficient (Wildman–Crippen LogP) is 0.293. The summed E-state index contributed by atoms with van der Waals surface area (Å²) < 4.78 is 5.25. The Balaban J connectivity index is 2.53. The zero-order valence-electron chi connectivity index (χ0n) is 9.77. The van der Waals surface area contributed by atoms with Gasteiger partial charge in [-0.2, -0.15) is 0 Å². The van der Waals surface area contributed by atoms with Gasteiger partial charge in [-0.3, -0.25) is 4.79 Å². The number of nitrogens with zero attached hydrogens (tertiary/aromatic N) is 1. The number of methoxy groups -OCH3 is 1. The highest BCUT2D eigenvalue weighted by Crippen LogP contribution is 2.27. The van der Waals surface area contributed by atoms with E-state index in [2.05, 4.69) is 0 Å². The zero-order chi connectivity index (χ0) is 11.4. The van der Waals surface area contributed by atoms with Crippen molar-refractivity contribution < 1.29 is 14.6 Å². The summed E-state index contributed by atoms with van der Waals surface area (Å²) in [5, 5.41) is 9.77. The van der Waals surface area contributed by atoms with Crippen LogP contribution in [0.5, 0.6) is 0 Å². The topological polar surface area (TPSA) is 49.8 Å². The van der Waals surface area contributed by atoms with Gasteiger partial charge in [0.1, 0.15) is 0 Å². The van der Waals surface area contributed by atoms with Crippen LogP contribution in [-0.4, -0.2) is 55.7 Å². The van der Waals surface area contributed by atoms with Gasteiger partial charge in [0, 0.05) is 13.0 Å². The van der Waals surface area contributed by atoms with Crippen LogP contribution < -0.4 is 0 Å². The molecule has 0 saturated heterocycles. The van der Waals surface area contributed by atoms with E-state index < -0.39 is 6.10 Å². The third-order valence-electron chi connectivity index (χ3n) is 2.98. The van der Waals surface area contributed by atoms with Crippen LogP contribution in [0.1, 0.15) is 19.3 Å². The lowest BCUT2D eigenvalue weighted by Crippen LogP contribution is -2.40. The summed E-state index contributed by atoms with van der Waals surface area (Å²) in [6, 6.07) is 0. The van der Waals surface area contributed by atoms with Crippen molar-refractivity contribution in [3.8, 4) is 0 Å². The molecular formula is C11H21NO3. The molecule has 1 aliphatic rings. The summed E-state index contributed by atoms with van der Waals surface area (Å²) in [5.74, 6) is -0.125. The lowest BCUT2D eigenvalue weighted by molar-refractivity contribution is -0.131. The minimum absolute atomic E-state index is 0.120. The highest BCUT2D eigenvalue weighted by atomic mass is 16.5. The normalized spacial score (nSPS) is 31.9. The predicted molar refractivity (Wildman–Crippen MR) is 57.7 cm³/mol. The second-order valence-corrected chi connectivity index (χ2v) is 4.55. The van der Waals surface area contributed by atoms with E-state index in [1.807, 2.05) is 19.0 Å². The number of hydrogen-bond acceptors (Lipinski definition) is 4. The Bertz CT molecular complexity index is 218. The minimum atomic E-state index is -0.483. The molecule has 1 aliphatic carbocycles. The van der Waals surface area contributed by atoms with Gasteiger partial charge in [0.05, 0.1) is 18.8 Å². The average Bonchev–Trinajstić information content (AvgIpc) is 2.17. The van der Waals surface area contributed by atoms with Crippen molar-refractivity contribution in [3.05, 3.63) is 0 Å². The lowest BCUT2D eigenvalue weighted by atomic mass is 9.82. The van der Waals surface area contributed by atoms with Crippen LogP contribution in [0.25, 0.3) is 0 Å². The molecule has 3 atom stereocenters. The molecule has 88 valence electrons. The Morgan fingerprint density at radius 2 is 2.13 bits per heavy atom. The molecule has 1 fully saturated rings. The fourth-order valence-electron chi connectivity index (χ4n) is 2.11. The zero-order valence-corrected chi connectivity index (χ0v) is 9.77. The lowest BCUT2D eigenvalue weighted by Gasteiger charge is -2.32. The average molecular weight is 215 g/mol. The van der Waals surface area contributed by atoms with Crippen LogP contribution in [0.3, 0.4) is 0 Å². The molecule has 15 heavy (non-hydrogen) atoms. The summed E-state index contributed by atoms with van der Waals surface area (Å²) in [7, 11) is 5.39. The Morgan fingerprint density at radius 1 is 1.47 bits per heavy atom. The van der Waals surface area contributed by atoms with Gasteiger partial charge in [0.15, 0.2) is 5.78 Å². The number of rotatable bonds is 4. The number of aliphatic hydroxyl groups is 1. The van der Waals surface area contributed by atoms with E-state index in [0.717, 1.165) is 6.42 Å². The molecule has 0 aliphatic heterocycles. The third-order valence-corrected chi connectivity index (χ3v) is 2.98. The van der Waals surface area contributed by atoms with Crippen molar-refractivity contribution in [2.45, 2.75) is 31.5 Å². The van der Waals surface area contributed by atoms with Gasteiger partial charge in [-0.1, -0.05) is 0 Å². The van der Waals surface area contributed by atoms with Crippen molar-refractivity contribution in [2.75, 3.05) is 27.7 Å². The largest absolute Gasteiger partial charge is 0.392 e. The molecule has 0 bridgehead atoms. The van der Waals surface area contributed by atoms with Gasteiger partial charge in [-0.15, -0.1) is 0 Å². The van der Waals surface area contributed by atoms with E-state index >= 15 is 0 Å². The molecule has 4 heteroatoms. The summed E-state index contributed by atoms with van der Waals surface area (Å²) in [4.78, 5) is 13.7. The number of ketones is 1. The van der Waals surface area contributed by atoms with E-state index in [1.54, 1.807) is 7.11 Å². The SMILES string of the molecule is CO[C@@H]1CC[C@H](O)[C@H](C(=O)CN(C)C)C1. The minimum Gasteiger partial charge on any atom is -0.392 e. The van der Waals surface area contributed by atoms with E-state index in [0.29, 0.717) is 19.4 Å². The van der Waals surface area contributed by atoms with Crippen molar-refractivity contribution in [1.82, 2.24) is 4.90 Å². The molecule has 0 aromatic carbocycles. The Labute approximate surface area is 91.2 Å². The van der Waals surface area contributed by atoms with E-state index in [4.69, 9.17) is 4.74 Å². The first-order valence-corrected chi connectivity index (χ1v) is 5.43. The van der Waals surface area contributed by atoms with Crippen LogP contribution >= 0.6 is 0 Å². The summed E-state index contributed by atoms with van der Waals surface area (Å²) in [6.07, 6.45) is 1.82. The molecule has 1 rings (SSSR count). The number of carbonyl (C=O) groups excluding carboxylic acids is 1. The number of hydrogen-bond donors (Lipinski definition) is 1. The maximum atomic E-state index is 11.8. The Hall–Kier alpha value is -0.450. The Morgan fingerprint density at radius 3 is 2.67 bits per heavy atom. The third kappa shape index (κ3) is 3.55. The molecule has 0 spiro atoms. The smallest absolute Gasteiger partial charge is 0.152 e. The molecule has 0 unspecified atom stereocenters. The molecule has 0 radical (unpaired) electrons. The van der Waals surface area contributed by atoms with Crippen LogP contribution in [0.2, 0.25) is 0 Å². The summed E-state index contributed by atoms with van der Waals surface area (Å²) in [5.41, 5.74) is 0. The first kappa shape index (κ1) is 12.6. The second kappa shape index (κ2) is 5.58. The van der Waals surface area contributed by atoms with Gasteiger partial charge in [0.25, 0.3) is 0 Å². The highest BCUT2D eigenvalue weighted by molar-refractivity contribution is 5.83. The van der Waals surface area contributed by atoms with E-state index in [9.17, 15) is 9.90 Å². The van der Waals surface area contributed by atoms with Crippen molar-refractivity contribution in [1.29, 1.82) is 0 Å². The number of likely N-dealkylation sites (N-methyl/N-ethyl adjacent to an activating group) is 1. The first-order valence-electron chi connectivity index (χ1n) is 5.43. The molecular weight excluding hydrogens is 194 g/mol. The molecule has 1 N–H and O–H groups in total. The number of carbonyl (C=O) groups is 1. The van der Waals surface area contributed by atoms with Gasteiger partial charge in [-0.25, -0.2) is 0 Å². The van der Waals surface area contributed by atoms with Crippen molar-refractivity contribution in [3.63, 3.8) is 0 Å². The quantitative estimate of drug-likeness (QED) is 0.732. The molecule has 0 aromatic heterocycles. The Kier molecular flexibility index (Phi) is 4.70. The van der Waals surface area contributed by atoms with Crippen LogP contribution in [0.15, 0.2) is 0 Å². The molecule has 1 saturated carbocycles. The fourth-order valence-corrected chi connectivity index (χ4v) is 2.11. The van der Waals surface area contributed by atoms with E-state index in [-0.39, 0.29) is 17.8 Å². The van der Waals surface area contributed by atoms with Crippen molar-refractivity contribution >= 4 is 5.78 Å². The number of ether oxygens (including phenoxy) is 1. The fraction of sp³-hybridized carbons (Fsp3) is 0.909. The van der Waals surface area contributed by atoms with Gasteiger partial charge in [-0.05, 0) is 33.4 Å². The maximum absolute atomic E-state index is 11.8. The monoisotopic (exact) mass is 215 g/mol. The second-order valence-electron chi connectivity index (χ2n) is 4.55.